The third-order valence-corrected chi connectivity index (χ3v) is 8.22. The number of ether oxygens (including phenoxy) is 2. The number of aliphatic carboxylic acids is 1. The Hall–Kier alpha value is -2.80. The molecule has 0 aromatic heterocycles. The summed E-state index contributed by atoms with van der Waals surface area (Å²) in [5, 5.41) is 7.12. The Morgan fingerprint density at radius 2 is 1.82 bits per heavy atom. The molecule has 13 heteroatoms. The first kappa shape index (κ1) is 29.8. The number of likely N-dealkylation sites (tertiary alicyclic amines) is 1. The Labute approximate surface area is 222 Å². The van der Waals surface area contributed by atoms with E-state index < -0.39 is 35.5 Å². The van der Waals surface area contributed by atoms with Gasteiger partial charge in [0.1, 0.15) is 11.3 Å². The van der Waals surface area contributed by atoms with Gasteiger partial charge < -0.3 is 14.6 Å². The van der Waals surface area contributed by atoms with E-state index in [1.54, 1.807) is 25.8 Å². The van der Waals surface area contributed by atoms with Gasteiger partial charge in [0.25, 0.3) is 0 Å². The van der Waals surface area contributed by atoms with Crippen molar-refractivity contribution < 1.29 is 46.9 Å². The summed E-state index contributed by atoms with van der Waals surface area (Å²) in [6.07, 6.45) is -2.82. The highest BCUT2D eigenvalue weighted by Crippen LogP contribution is 2.58. The molecule has 2 amide bonds. The molecular weight excluding hydrogens is 529 g/mol. The molecule has 0 radical (unpaired) electrons. The quantitative estimate of drug-likeness (QED) is 0.317. The molecule has 1 N–H and O–H groups in total. The van der Waals surface area contributed by atoms with Crippen LogP contribution in [0.5, 0.6) is 5.75 Å². The van der Waals surface area contributed by atoms with E-state index in [2.05, 4.69) is 11.8 Å². The lowest BCUT2D eigenvalue weighted by atomic mass is 9.75. The summed E-state index contributed by atoms with van der Waals surface area (Å²) in [5.74, 6) is -3.25. The van der Waals surface area contributed by atoms with Crippen LogP contribution in [-0.4, -0.2) is 83.4 Å². The average Bonchev–Trinajstić information content (AvgIpc) is 3.33. The van der Waals surface area contributed by atoms with E-state index in [9.17, 15) is 27.6 Å². The minimum Gasteiger partial charge on any atom is -0.496 e. The fourth-order valence-corrected chi connectivity index (χ4v) is 6.63. The number of carbonyl (C=O) groups excluding carboxylic acids is 3. The lowest BCUT2D eigenvalue weighted by molar-refractivity contribution is -0.192. The van der Waals surface area contributed by atoms with Crippen LogP contribution in [0.25, 0.3) is 0 Å². The van der Waals surface area contributed by atoms with Gasteiger partial charge >= 0.3 is 18.1 Å². The number of hydrogen-bond donors (Lipinski definition) is 1. The van der Waals surface area contributed by atoms with E-state index in [-0.39, 0.29) is 17.9 Å². The van der Waals surface area contributed by atoms with Gasteiger partial charge in [0.15, 0.2) is 0 Å². The Morgan fingerprint density at radius 3 is 2.34 bits per heavy atom. The molecule has 4 rings (SSSR count). The van der Waals surface area contributed by atoms with Crippen molar-refractivity contribution in [1.82, 2.24) is 9.80 Å². The van der Waals surface area contributed by atoms with Crippen molar-refractivity contribution in [3.05, 3.63) is 23.8 Å². The van der Waals surface area contributed by atoms with Crippen LogP contribution < -0.4 is 4.74 Å². The summed E-state index contributed by atoms with van der Waals surface area (Å²) < 4.78 is 42.6. The molecule has 4 atom stereocenters. The van der Waals surface area contributed by atoms with Crippen molar-refractivity contribution in [2.45, 2.75) is 55.8 Å². The monoisotopic (exact) mass is 560 g/mol. The van der Waals surface area contributed by atoms with E-state index in [1.165, 1.54) is 12.0 Å². The standard InChI is InChI=1S/C23H30N2O5S.C2HF3O2/c1-5-24-20(26)17-18(21(24)27)23(22(28)30-4)11-7-8-12-25(23)19(17)14-9-10-16(31-6-2)15(13-14)29-3;3-2(4,5)1(6)7/h9-10,13,17-19H,5-8,11-12H2,1-4H3;(H,6,7)/t17-,18-,19-,23+;/m1./s1. The molecule has 3 heterocycles. The molecule has 0 bridgehead atoms. The third kappa shape index (κ3) is 4.97. The van der Waals surface area contributed by atoms with Crippen molar-refractivity contribution in [1.29, 1.82) is 0 Å². The molecule has 0 spiro atoms. The molecule has 3 fully saturated rings. The van der Waals surface area contributed by atoms with Crippen LogP contribution in [-0.2, 0) is 23.9 Å². The number of rotatable bonds is 6. The van der Waals surface area contributed by atoms with Gasteiger partial charge in [-0.3, -0.25) is 24.2 Å². The lowest BCUT2D eigenvalue weighted by Crippen LogP contribution is -2.59. The van der Waals surface area contributed by atoms with Crippen LogP contribution in [0.2, 0.25) is 0 Å². The molecule has 3 aliphatic rings. The number of halogens is 3. The summed E-state index contributed by atoms with van der Waals surface area (Å²) in [6.45, 7) is 4.84. The van der Waals surface area contributed by atoms with Gasteiger partial charge in [0.2, 0.25) is 11.8 Å². The van der Waals surface area contributed by atoms with Crippen LogP contribution in [0.3, 0.4) is 0 Å². The van der Waals surface area contributed by atoms with E-state index in [0.29, 0.717) is 19.5 Å². The van der Waals surface area contributed by atoms with Crippen LogP contribution >= 0.6 is 11.8 Å². The molecule has 0 saturated carbocycles. The SMILES string of the molecule is CCSc1ccc([C@@H]2[C@@H]3C(=O)N(CC)C(=O)[C@@H]3[C@]3(C(=O)OC)CCCCN23)cc1OC.O=C(O)C(F)(F)F. The van der Waals surface area contributed by atoms with Crippen LogP contribution in [0.4, 0.5) is 13.2 Å². The predicted octanol–water partition coefficient (Wildman–Crippen LogP) is 3.51. The van der Waals surface area contributed by atoms with E-state index in [4.69, 9.17) is 19.4 Å². The third-order valence-electron chi connectivity index (χ3n) is 7.28. The van der Waals surface area contributed by atoms with Crippen molar-refractivity contribution in [2.75, 3.05) is 33.1 Å². The Bertz CT molecular complexity index is 1100. The van der Waals surface area contributed by atoms with Crippen LogP contribution in [0, 0.1) is 11.8 Å². The Morgan fingerprint density at radius 1 is 1.16 bits per heavy atom. The normalized spacial score (nSPS) is 26.8. The first-order valence-electron chi connectivity index (χ1n) is 12.2. The van der Waals surface area contributed by atoms with Crippen LogP contribution in [0.1, 0.15) is 44.7 Å². The minimum atomic E-state index is -5.08. The van der Waals surface area contributed by atoms with E-state index in [1.807, 2.05) is 18.2 Å². The molecule has 3 aliphatic heterocycles. The molecular formula is C25H31F3N2O7S. The zero-order valence-electron chi connectivity index (χ0n) is 21.5. The number of piperidine rings is 1. The maximum absolute atomic E-state index is 13.4. The number of alkyl halides is 3. The molecule has 3 saturated heterocycles. The number of methoxy groups -OCH3 is 2. The van der Waals surface area contributed by atoms with Crippen LogP contribution in [0.15, 0.2) is 23.1 Å². The first-order chi connectivity index (χ1) is 17.9. The van der Waals surface area contributed by atoms with Crippen molar-refractivity contribution in [3.8, 4) is 5.75 Å². The summed E-state index contributed by atoms with van der Waals surface area (Å²) in [5.41, 5.74) is -0.192. The maximum atomic E-state index is 13.4. The topological polar surface area (TPSA) is 113 Å². The number of imide groups is 1. The van der Waals surface area contributed by atoms with Gasteiger partial charge in [0.05, 0.1) is 26.1 Å². The summed E-state index contributed by atoms with van der Waals surface area (Å²) in [7, 11) is 3.00. The lowest BCUT2D eigenvalue weighted by Gasteiger charge is -2.44. The molecule has 9 nitrogen and oxygen atoms in total. The number of thioether (sulfide) groups is 1. The smallest absolute Gasteiger partial charge is 0.490 e. The highest BCUT2D eigenvalue weighted by atomic mass is 32.2. The van der Waals surface area contributed by atoms with E-state index >= 15 is 0 Å². The highest BCUT2D eigenvalue weighted by Gasteiger charge is 2.72. The second kappa shape index (κ2) is 11.5. The summed E-state index contributed by atoms with van der Waals surface area (Å²) >= 11 is 1.69. The number of carboxylic acids is 1. The number of carbonyl (C=O) groups is 4. The fourth-order valence-electron chi connectivity index (χ4n) is 5.87. The minimum absolute atomic E-state index is 0.189. The molecule has 0 unspecified atom stereocenters. The first-order valence-corrected chi connectivity index (χ1v) is 13.2. The molecule has 1 aromatic carbocycles. The number of benzene rings is 1. The van der Waals surface area contributed by atoms with E-state index in [0.717, 1.165) is 34.8 Å². The molecule has 1 aromatic rings. The van der Waals surface area contributed by atoms with Crippen molar-refractivity contribution >= 4 is 35.5 Å². The summed E-state index contributed by atoms with van der Waals surface area (Å²) in [4.78, 5) is 53.4. The summed E-state index contributed by atoms with van der Waals surface area (Å²) in [6, 6.07) is 5.62. The van der Waals surface area contributed by atoms with Gasteiger partial charge in [-0.1, -0.05) is 13.0 Å². The molecule has 38 heavy (non-hydrogen) atoms. The number of esters is 1. The fraction of sp³-hybridized carbons (Fsp3) is 0.600. The second-order valence-corrected chi connectivity index (χ2v) is 10.4. The van der Waals surface area contributed by atoms with Crippen molar-refractivity contribution in [2.24, 2.45) is 11.8 Å². The van der Waals surface area contributed by atoms with Gasteiger partial charge in [-0.2, -0.15) is 13.2 Å². The zero-order valence-corrected chi connectivity index (χ0v) is 22.4. The average molecular weight is 561 g/mol. The predicted molar refractivity (Wildman–Crippen MR) is 131 cm³/mol. The van der Waals surface area contributed by atoms with Gasteiger partial charge in [-0.25, -0.2) is 4.79 Å². The van der Waals surface area contributed by atoms with Gasteiger partial charge in [-0.15, -0.1) is 11.8 Å². The zero-order chi connectivity index (χ0) is 28.4. The Kier molecular flexibility index (Phi) is 9.02. The second-order valence-electron chi connectivity index (χ2n) is 9.08. The maximum Gasteiger partial charge on any atom is 0.490 e. The van der Waals surface area contributed by atoms with Gasteiger partial charge in [0, 0.05) is 17.5 Å². The van der Waals surface area contributed by atoms with Gasteiger partial charge in [-0.05, 0) is 56.2 Å². The molecule has 210 valence electrons. The highest BCUT2D eigenvalue weighted by molar-refractivity contribution is 7.99. The Balaban J connectivity index is 0.000000505. The number of amides is 2. The number of hydrogen-bond acceptors (Lipinski definition) is 8. The van der Waals surface area contributed by atoms with Crippen molar-refractivity contribution in [3.63, 3.8) is 0 Å². The number of carboxylic acid groups (broad SMARTS) is 1. The largest absolute Gasteiger partial charge is 0.496 e. The molecule has 0 aliphatic carbocycles. The number of fused-ring (bicyclic) bond motifs is 3. The number of nitrogens with zero attached hydrogens (tertiary/aromatic N) is 2.